The number of para-hydroxylation sites is 1. The van der Waals surface area contributed by atoms with E-state index in [4.69, 9.17) is 5.73 Å². The molecule has 0 heterocycles. The number of halogens is 1. The van der Waals surface area contributed by atoms with Gasteiger partial charge in [0.15, 0.2) is 0 Å². The van der Waals surface area contributed by atoms with E-state index < -0.39 is 7.92 Å². The molecule has 4 aromatic carbocycles. The molecule has 3 nitrogen and oxygen atoms in total. The molecule has 0 fully saturated rings. The molecule has 1 N–H and O–H groups in total. The largest absolute Gasteiger partial charge is 0.683 e. The summed E-state index contributed by atoms with van der Waals surface area (Å²) in [6.45, 7) is 0.542. The van der Waals surface area contributed by atoms with Crippen LogP contribution >= 0.6 is 17.3 Å². The van der Waals surface area contributed by atoms with Crippen LogP contribution in [0, 0.1) is 5.92 Å². The van der Waals surface area contributed by atoms with Gasteiger partial charge >= 0.3 is 28.2 Å². The summed E-state index contributed by atoms with van der Waals surface area (Å²) in [5.41, 5.74) is 9.13. The van der Waals surface area contributed by atoms with Crippen molar-refractivity contribution in [2.24, 2.45) is 5.92 Å². The van der Waals surface area contributed by atoms with Gasteiger partial charge in [0.2, 0.25) is 0 Å². The van der Waals surface area contributed by atoms with Crippen molar-refractivity contribution in [1.82, 2.24) is 0 Å². The van der Waals surface area contributed by atoms with E-state index in [1.807, 2.05) is 42.5 Å². The molecule has 0 radical (unpaired) electrons. The molecule has 6 heteroatoms. The van der Waals surface area contributed by atoms with Gasteiger partial charge in [-0.05, 0) is 42.0 Å². The molecule has 5 rings (SSSR count). The number of hydrogen-bond acceptors (Lipinski definition) is 1. The predicted molar refractivity (Wildman–Crippen MR) is 162 cm³/mol. The zero-order chi connectivity index (χ0) is 27.0. The molecule has 0 amide bonds. The predicted octanol–water partition coefficient (Wildman–Crippen LogP) is 7.53. The number of benzene rings is 4. The van der Waals surface area contributed by atoms with Crippen LogP contribution in [0.25, 0.3) is 11.1 Å². The van der Waals surface area contributed by atoms with Crippen LogP contribution in [-0.2, 0) is 18.8 Å². The van der Waals surface area contributed by atoms with E-state index in [2.05, 4.69) is 106 Å². The van der Waals surface area contributed by atoms with Crippen molar-refractivity contribution in [3.63, 3.8) is 0 Å². The average molecular weight is 720 g/mol. The van der Waals surface area contributed by atoms with Gasteiger partial charge in [-0.1, -0.05) is 103 Å². The Morgan fingerprint density at radius 2 is 1.16 bits per heavy atom. The molecule has 0 spiro atoms. The Morgan fingerprint density at radius 3 is 1.63 bits per heavy atom. The topological polar surface area (TPSA) is 55.0 Å². The zero-order valence-corrected chi connectivity index (χ0v) is 24.8. The van der Waals surface area contributed by atoms with E-state index in [1.165, 1.54) is 15.9 Å². The molecule has 0 aliphatic heterocycles. The number of nitrogens with zero attached hydrogens (tertiary/aromatic N) is 1. The van der Waals surface area contributed by atoms with E-state index in [9.17, 15) is 4.79 Å². The molecule has 2 unspecified atom stereocenters. The second-order valence-corrected chi connectivity index (χ2v) is 10.9. The number of carbonyl (C=O) groups is 1. The van der Waals surface area contributed by atoms with Gasteiger partial charge in [0.25, 0.3) is 0 Å². The third-order valence-corrected chi connectivity index (χ3v) is 8.70. The molecule has 0 saturated heterocycles. The monoisotopic (exact) mass is 719 g/mol. The summed E-state index contributed by atoms with van der Waals surface area (Å²) in [5.74, 6) is 0.0970. The van der Waals surface area contributed by atoms with Crippen molar-refractivity contribution in [3.05, 3.63) is 156 Å². The Balaban J connectivity index is 0.000000199. The Kier molecular flexibility index (Phi) is 13.2. The van der Waals surface area contributed by atoms with E-state index in [0.717, 1.165) is 6.29 Å². The Labute approximate surface area is 242 Å². The van der Waals surface area contributed by atoms with Gasteiger partial charge in [-0.3, -0.25) is 4.79 Å². The molecule has 0 saturated carbocycles. The summed E-state index contributed by atoms with van der Waals surface area (Å²) in [5, 5.41) is 8.72. The van der Waals surface area contributed by atoms with Crippen LogP contribution in [0.2, 0.25) is 0 Å². The van der Waals surface area contributed by atoms with Crippen LogP contribution < -0.4 is 15.9 Å². The Morgan fingerprint density at radius 1 is 0.711 bits per heavy atom. The quantitative estimate of drug-likeness (QED) is 0.144. The number of rotatable bonds is 7. The number of hydrogen-bond donors (Lipinski definition) is 0. The molecule has 197 valence electrons. The molecule has 4 aromatic rings. The second-order valence-electron chi connectivity index (χ2n) is 8.45. The number of nitrogens with one attached hydrogen (secondary N) is 1. The zero-order valence-electron chi connectivity index (χ0n) is 20.8. The molecular formula is C32H30ClN2OPPt-. The molecule has 1 aliphatic rings. The van der Waals surface area contributed by atoms with E-state index in [-0.39, 0.29) is 12.0 Å². The second kappa shape index (κ2) is 16.9. The molecular weight excluding hydrogens is 690 g/mol. The van der Waals surface area contributed by atoms with E-state index in [0.29, 0.717) is 17.8 Å². The smallest absolute Gasteiger partial charge is 0.148 e. The maximum atomic E-state index is 10.8. The minimum Gasteiger partial charge on any atom is -0.683 e. The van der Waals surface area contributed by atoms with Crippen molar-refractivity contribution in [3.8, 4) is 0 Å². The fourth-order valence-corrected chi connectivity index (χ4v) is 6.65. The van der Waals surface area contributed by atoms with Crippen LogP contribution in [0.15, 0.2) is 140 Å². The molecule has 2 atom stereocenters. The van der Waals surface area contributed by atoms with Crippen molar-refractivity contribution >= 4 is 45.2 Å². The summed E-state index contributed by atoms with van der Waals surface area (Å²) in [4.78, 5) is 10.8. The molecule has 38 heavy (non-hydrogen) atoms. The van der Waals surface area contributed by atoms with Crippen LogP contribution in [0.5, 0.6) is 0 Å². The van der Waals surface area contributed by atoms with Crippen molar-refractivity contribution in [1.29, 1.82) is 0 Å². The van der Waals surface area contributed by atoms with Gasteiger partial charge in [0, 0.05) is 0 Å². The first-order chi connectivity index (χ1) is 18.8. The van der Waals surface area contributed by atoms with Crippen LogP contribution in [0.4, 0.5) is 5.69 Å². The van der Waals surface area contributed by atoms with E-state index >= 15 is 0 Å². The maximum Gasteiger partial charge on any atom is 0.148 e. The van der Waals surface area contributed by atoms with Gasteiger partial charge < -0.3 is 11.1 Å². The van der Waals surface area contributed by atoms with Crippen LogP contribution in [-0.4, -0.2) is 18.9 Å². The number of carbonyl (C=O) groups excluding carboxylic acids is 1. The third-order valence-electron chi connectivity index (χ3n) is 5.97. The van der Waals surface area contributed by atoms with Gasteiger partial charge in [0.1, 0.15) is 22.2 Å². The minimum absolute atomic E-state index is 0.0970. The summed E-state index contributed by atoms with van der Waals surface area (Å²) in [6.07, 6.45) is 8.48. The fraction of sp³-hybridized carbons (Fsp3) is 0.0938. The Bertz CT molecular complexity index is 1190. The number of allylic oxidation sites excluding steroid dienone is 2. The van der Waals surface area contributed by atoms with E-state index in [1.54, 1.807) is 24.8 Å². The van der Waals surface area contributed by atoms with Gasteiger partial charge in [-0.25, -0.2) is 0 Å². The summed E-state index contributed by atoms with van der Waals surface area (Å²) >= 11 is 1.61. The number of aldehydes is 1. The molecule has 0 aromatic heterocycles. The average Bonchev–Trinajstić information content (AvgIpc) is 3.00. The summed E-state index contributed by atoms with van der Waals surface area (Å²) in [6, 6.07) is 39.5. The van der Waals surface area contributed by atoms with Crippen molar-refractivity contribution in [2.45, 2.75) is 6.04 Å². The Hall–Kier alpha value is -2.80. The molecule has 1 aliphatic carbocycles. The standard InChI is InChI=1S/C18H15P.C14H15N2O.ClH.Pt/c1-4-10-16(11-5-1)19(17-12-6-2-7-13-17)18-14-8-3-9-15-18;15-13-7-3-1-5-11(13)9-16-14-8-4-2-6-12(14)10-17;;/h1-15H;1-8,10-11,13,15H,9H2,(H,16,17);1H;/q;-1;;+1/p-1. The van der Waals surface area contributed by atoms with Crippen LogP contribution in [0.1, 0.15) is 10.4 Å². The molecule has 0 bridgehead atoms. The summed E-state index contributed by atoms with van der Waals surface area (Å²) in [7, 11) is 3.73. The first-order valence-electron chi connectivity index (χ1n) is 12.2. The minimum atomic E-state index is -0.877. The summed E-state index contributed by atoms with van der Waals surface area (Å²) < 4.78 is 0. The van der Waals surface area contributed by atoms with Crippen LogP contribution in [0.3, 0.4) is 0 Å². The van der Waals surface area contributed by atoms with Gasteiger partial charge in [-0.2, -0.15) is 0 Å². The first kappa shape index (κ1) is 29.7. The van der Waals surface area contributed by atoms with Gasteiger partial charge in [-0.15, -0.1) is 24.4 Å². The van der Waals surface area contributed by atoms with Gasteiger partial charge in [0.05, 0.1) is 7.92 Å². The normalized spacial score (nSPS) is 15.5. The van der Waals surface area contributed by atoms with Crippen molar-refractivity contribution in [2.75, 3.05) is 6.54 Å². The SMILES string of the molecule is [Cl][Pt].[NH-]C1C=CC=CC1C[N-]c1ccccc1C=O.c1ccc([PH+](c2ccccc2)c2ccccc2)cc1. The third kappa shape index (κ3) is 8.90. The first-order valence-corrected chi connectivity index (χ1v) is 16.5. The fourth-order valence-electron chi connectivity index (χ4n) is 4.08. The van der Waals surface area contributed by atoms with Crippen molar-refractivity contribution < 1.29 is 23.6 Å². The maximum absolute atomic E-state index is 10.8.